The Bertz CT molecular complexity index is 365. The molecule has 0 heterocycles. The molecule has 0 aromatic rings. The number of carbonyl (C=O) groups is 3. The minimum Gasteiger partial charge on any atom is -0.480 e. The number of esters is 1. The fourth-order valence-corrected chi connectivity index (χ4v) is 1.66. The van der Waals surface area contributed by atoms with Gasteiger partial charge in [0.25, 0.3) is 0 Å². The summed E-state index contributed by atoms with van der Waals surface area (Å²) in [4.78, 5) is 33.9. The molecule has 2 unspecified atom stereocenters. The summed E-state index contributed by atoms with van der Waals surface area (Å²) in [5.41, 5.74) is 0. The molecule has 0 aromatic carbocycles. The number of aliphatic carboxylic acids is 1. The number of amides is 1. The number of rotatable bonds is 7. The fraction of sp³-hybridized carbons (Fsp3) is 0.583. The van der Waals surface area contributed by atoms with E-state index < -0.39 is 35.7 Å². The van der Waals surface area contributed by atoms with Crippen molar-refractivity contribution in [3.05, 3.63) is 12.7 Å². The summed E-state index contributed by atoms with van der Waals surface area (Å²) in [6.45, 7) is 5.40. The number of nitrogens with one attached hydrogen (secondary N) is 1. The van der Waals surface area contributed by atoms with Gasteiger partial charge in [0.2, 0.25) is 5.91 Å². The van der Waals surface area contributed by atoms with E-state index >= 15 is 0 Å². The van der Waals surface area contributed by atoms with Crippen LogP contribution in [0.25, 0.3) is 0 Å². The van der Waals surface area contributed by atoms with Crippen LogP contribution in [-0.2, 0) is 19.1 Å². The van der Waals surface area contributed by atoms with Gasteiger partial charge in [-0.2, -0.15) is 0 Å². The predicted molar refractivity (Wildman–Crippen MR) is 62.6 cm³/mol. The molecule has 2 N–H and O–H groups in total. The summed E-state index contributed by atoms with van der Waals surface area (Å²) >= 11 is 0. The van der Waals surface area contributed by atoms with E-state index in [1.807, 2.05) is 0 Å². The second-order valence-corrected chi connectivity index (χ2v) is 4.12. The largest absolute Gasteiger partial charge is 0.480 e. The fourth-order valence-electron chi connectivity index (χ4n) is 1.66. The Labute approximate surface area is 105 Å². The summed E-state index contributed by atoms with van der Waals surface area (Å²) in [6.07, 6.45) is 2.00. The first kappa shape index (κ1) is 14.2. The molecule has 6 heteroatoms. The average molecular weight is 255 g/mol. The van der Waals surface area contributed by atoms with Crippen molar-refractivity contribution in [2.45, 2.75) is 25.8 Å². The zero-order valence-corrected chi connectivity index (χ0v) is 10.2. The lowest BCUT2D eigenvalue weighted by Gasteiger charge is -2.12. The zero-order valence-electron chi connectivity index (χ0n) is 10.2. The van der Waals surface area contributed by atoms with Crippen LogP contribution < -0.4 is 5.32 Å². The normalized spacial score (nSPS) is 22.7. The molecule has 1 aliphatic rings. The monoisotopic (exact) mass is 255 g/mol. The van der Waals surface area contributed by atoms with Crippen molar-refractivity contribution in [3.8, 4) is 0 Å². The summed E-state index contributed by atoms with van der Waals surface area (Å²) < 4.78 is 4.79. The van der Waals surface area contributed by atoms with Crippen molar-refractivity contribution in [2.24, 2.45) is 11.8 Å². The third-order valence-corrected chi connectivity index (χ3v) is 2.73. The van der Waals surface area contributed by atoms with Gasteiger partial charge >= 0.3 is 11.9 Å². The topological polar surface area (TPSA) is 92.7 Å². The molecular weight excluding hydrogens is 238 g/mol. The molecule has 100 valence electrons. The van der Waals surface area contributed by atoms with Gasteiger partial charge in [0, 0.05) is 0 Å². The van der Waals surface area contributed by atoms with Gasteiger partial charge in [-0.15, -0.1) is 6.58 Å². The number of carboxylic acid groups (broad SMARTS) is 1. The highest BCUT2D eigenvalue weighted by atomic mass is 16.5. The Morgan fingerprint density at radius 2 is 2.17 bits per heavy atom. The van der Waals surface area contributed by atoms with Crippen molar-refractivity contribution < 1.29 is 24.2 Å². The maximum atomic E-state index is 11.7. The van der Waals surface area contributed by atoms with Crippen LogP contribution in [0.3, 0.4) is 0 Å². The summed E-state index contributed by atoms with van der Waals surface area (Å²) in [5.74, 6) is -2.81. The predicted octanol–water partition coefficient (Wildman–Crippen LogP) is 0.331. The number of hydrogen-bond acceptors (Lipinski definition) is 4. The van der Waals surface area contributed by atoms with E-state index in [1.54, 1.807) is 6.92 Å². The van der Waals surface area contributed by atoms with Crippen LogP contribution in [0, 0.1) is 11.8 Å². The Morgan fingerprint density at radius 3 is 2.67 bits per heavy atom. The summed E-state index contributed by atoms with van der Waals surface area (Å²) in [5, 5.41) is 11.2. The minimum absolute atomic E-state index is 0.151. The van der Waals surface area contributed by atoms with Gasteiger partial charge in [0.05, 0.1) is 18.4 Å². The second-order valence-electron chi connectivity index (χ2n) is 4.12. The molecule has 1 aliphatic carbocycles. The van der Waals surface area contributed by atoms with E-state index in [0.29, 0.717) is 6.42 Å². The van der Waals surface area contributed by atoms with Crippen LogP contribution in [0.1, 0.15) is 19.8 Å². The maximum absolute atomic E-state index is 11.7. The quantitative estimate of drug-likeness (QED) is 0.505. The van der Waals surface area contributed by atoms with Crippen molar-refractivity contribution in [1.29, 1.82) is 0 Å². The molecule has 1 saturated carbocycles. The molecule has 1 fully saturated rings. The van der Waals surface area contributed by atoms with Crippen molar-refractivity contribution in [3.63, 3.8) is 0 Å². The first-order valence-corrected chi connectivity index (χ1v) is 5.82. The Balaban J connectivity index is 2.45. The highest BCUT2D eigenvalue weighted by molar-refractivity contribution is 5.92. The first-order chi connectivity index (χ1) is 8.51. The zero-order chi connectivity index (χ0) is 13.7. The maximum Gasteiger partial charge on any atom is 0.326 e. The Hall–Kier alpha value is -1.85. The van der Waals surface area contributed by atoms with Crippen molar-refractivity contribution in [1.82, 2.24) is 5.32 Å². The first-order valence-electron chi connectivity index (χ1n) is 5.82. The standard InChI is InChI=1S/C12H17NO5/c1-3-5-9(11(15)16)13-10(14)7-6-8(7)12(17)18-4-2/h3,7-9H,1,4-6H2,2H3,(H,13,14)(H,15,16)/t7?,8?,9-/m0/s1. The molecule has 18 heavy (non-hydrogen) atoms. The van der Waals surface area contributed by atoms with Crippen molar-refractivity contribution in [2.75, 3.05) is 6.61 Å². The van der Waals surface area contributed by atoms with Crippen LogP contribution >= 0.6 is 0 Å². The molecule has 0 aromatic heterocycles. The number of ether oxygens (including phenoxy) is 1. The molecule has 0 aliphatic heterocycles. The van der Waals surface area contributed by atoms with Gasteiger partial charge in [-0.1, -0.05) is 6.08 Å². The van der Waals surface area contributed by atoms with Crippen LogP contribution in [0.4, 0.5) is 0 Å². The number of hydrogen-bond donors (Lipinski definition) is 2. The van der Waals surface area contributed by atoms with Crippen molar-refractivity contribution >= 4 is 17.8 Å². The summed E-state index contributed by atoms with van der Waals surface area (Å²) in [7, 11) is 0. The number of carboxylic acids is 1. The van der Waals surface area contributed by atoms with Crippen LogP contribution in [0.15, 0.2) is 12.7 Å². The minimum atomic E-state index is -1.11. The molecule has 3 atom stereocenters. The average Bonchev–Trinajstić information content (AvgIpc) is 3.08. The molecule has 0 bridgehead atoms. The molecule has 1 rings (SSSR count). The molecule has 0 spiro atoms. The third-order valence-electron chi connectivity index (χ3n) is 2.73. The molecule has 1 amide bonds. The van der Waals surface area contributed by atoms with E-state index in [2.05, 4.69) is 11.9 Å². The van der Waals surface area contributed by atoms with E-state index in [1.165, 1.54) is 6.08 Å². The number of carbonyl (C=O) groups excluding carboxylic acids is 2. The lowest BCUT2D eigenvalue weighted by molar-refractivity contribution is -0.146. The lowest BCUT2D eigenvalue weighted by Crippen LogP contribution is -2.41. The van der Waals surface area contributed by atoms with Crippen LogP contribution in [0.2, 0.25) is 0 Å². The van der Waals surface area contributed by atoms with Crippen LogP contribution in [-0.4, -0.2) is 35.6 Å². The third kappa shape index (κ3) is 3.58. The van der Waals surface area contributed by atoms with Gasteiger partial charge < -0.3 is 15.2 Å². The SMILES string of the molecule is C=CC[C@H](NC(=O)C1CC1C(=O)OCC)C(=O)O. The van der Waals surface area contributed by atoms with Gasteiger partial charge in [0.15, 0.2) is 0 Å². The lowest BCUT2D eigenvalue weighted by atomic mass is 10.2. The summed E-state index contributed by atoms with van der Waals surface area (Å²) in [6, 6.07) is -0.988. The van der Waals surface area contributed by atoms with Gasteiger partial charge in [0.1, 0.15) is 6.04 Å². The Kier molecular flexibility index (Phi) is 4.88. The van der Waals surface area contributed by atoms with E-state index in [4.69, 9.17) is 9.84 Å². The van der Waals surface area contributed by atoms with Gasteiger partial charge in [-0.05, 0) is 19.8 Å². The Morgan fingerprint density at radius 1 is 1.50 bits per heavy atom. The van der Waals surface area contributed by atoms with E-state index in [0.717, 1.165) is 0 Å². The highest BCUT2D eigenvalue weighted by Gasteiger charge is 2.49. The highest BCUT2D eigenvalue weighted by Crippen LogP contribution is 2.39. The van der Waals surface area contributed by atoms with Gasteiger partial charge in [-0.25, -0.2) is 4.79 Å². The molecule has 0 saturated heterocycles. The van der Waals surface area contributed by atoms with E-state index in [-0.39, 0.29) is 13.0 Å². The molecule has 6 nitrogen and oxygen atoms in total. The van der Waals surface area contributed by atoms with E-state index in [9.17, 15) is 14.4 Å². The molecular formula is C12H17NO5. The van der Waals surface area contributed by atoms with Crippen LogP contribution in [0.5, 0.6) is 0 Å². The molecule has 0 radical (unpaired) electrons. The van der Waals surface area contributed by atoms with Gasteiger partial charge in [-0.3, -0.25) is 9.59 Å². The smallest absolute Gasteiger partial charge is 0.326 e. The second kappa shape index (κ2) is 6.18.